The van der Waals surface area contributed by atoms with Crippen molar-refractivity contribution in [2.75, 3.05) is 137 Å². The molecule has 0 N–H and O–H groups in total. The summed E-state index contributed by atoms with van der Waals surface area (Å²) in [5.74, 6) is -0.438. The van der Waals surface area contributed by atoms with Crippen molar-refractivity contribution in [3.05, 3.63) is 245 Å². The summed E-state index contributed by atoms with van der Waals surface area (Å²) in [5.41, 5.74) is 23.4. The smallest absolute Gasteiger partial charge is 0.258 e. The quantitative estimate of drug-likeness (QED) is 0.110. The van der Waals surface area contributed by atoms with Crippen LogP contribution in [0.25, 0.3) is 90.2 Å². The van der Waals surface area contributed by atoms with Crippen LogP contribution >= 0.6 is 0 Å². The Labute approximate surface area is 734 Å². The molecule has 6 aliphatic rings. The zero-order valence-corrected chi connectivity index (χ0v) is 74.5. The number of hydrogen-bond acceptors (Lipinski definition) is 22. The molecule has 22 heterocycles. The lowest BCUT2D eigenvalue weighted by Gasteiger charge is -2.46. The van der Waals surface area contributed by atoms with Crippen molar-refractivity contribution in [1.29, 1.82) is 0 Å². The summed E-state index contributed by atoms with van der Waals surface area (Å²) in [6.07, 6.45) is 25.6. The maximum atomic E-state index is 14.5. The van der Waals surface area contributed by atoms with Crippen molar-refractivity contribution < 1.29 is 4.39 Å². The average Bonchev–Trinajstić information content (AvgIpc) is 1.52. The summed E-state index contributed by atoms with van der Waals surface area (Å²) in [6.45, 7) is 43.4. The third-order valence-electron chi connectivity index (χ3n) is 26.5. The lowest BCUT2D eigenvalue weighted by molar-refractivity contribution is 0.138. The van der Waals surface area contributed by atoms with E-state index in [1.54, 1.807) is 52.6 Å². The van der Waals surface area contributed by atoms with Crippen molar-refractivity contribution >= 4 is 67.7 Å². The molecule has 16 aromatic rings. The highest BCUT2D eigenvalue weighted by Crippen LogP contribution is 2.36. The minimum absolute atomic E-state index is 0.0661. The van der Waals surface area contributed by atoms with Crippen LogP contribution in [0.4, 0.5) is 27.1 Å². The molecule has 30 nitrogen and oxygen atoms in total. The summed E-state index contributed by atoms with van der Waals surface area (Å²) >= 11 is 0. The van der Waals surface area contributed by atoms with E-state index in [1.807, 2.05) is 148 Å². The Hall–Kier alpha value is -13.0. The molecule has 0 unspecified atom stereocenters. The molecule has 2 atom stereocenters. The largest absolute Gasteiger partial charge is 0.368 e. The Morgan fingerprint density at radius 2 is 0.843 bits per heavy atom. The first-order chi connectivity index (χ1) is 61.4. The van der Waals surface area contributed by atoms with Gasteiger partial charge in [0, 0.05) is 188 Å². The predicted molar refractivity (Wildman–Crippen MR) is 497 cm³/mol. The normalized spacial score (nSPS) is 17.8. The highest BCUT2D eigenvalue weighted by Gasteiger charge is 2.41. The first-order valence-corrected chi connectivity index (χ1v) is 44.8. The fourth-order valence-electron chi connectivity index (χ4n) is 19.6. The Morgan fingerprint density at radius 1 is 0.386 bits per heavy atom. The molecule has 0 bridgehead atoms. The topological polar surface area (TPSA) is 258 Å². The number of aromatic nitrogens is 18. The molecule has 654 valence electrons. The van der Waals surface area contributed by atoms with Gasteiger partial charge in [-0.15, -0.1) is 0 Å². The number of likely N-dealkylation sites (N-methyl/N-ethyl adjacent to an activating group) is 2. The van der Waals surface area contributed by atoms with Crippen molar-refractivity contribution in [3.8, 4) is 45.3 Å². The molecule has 0 radical (unpaired) electrons. The summed E-state index contributed by atoms with van der Waals surface area (Å²) in [6, 6.07) is 26.5. The van der Waals surface area contributed by atoms with Crippen LogP contribution in [0.3, 0.4) is 0 Å². The number of anilines is 4. The number of imidazole rings is 2. The number of piperazine rings is 4. The van der Waals surface area contributed by atoms with Crippen LogP contribution in [0.5, 0.6) is 0 Å². The third kappa shape index (κ3) is 16.5. The van der Waals surface area contributed by atoms with E-state index in [4.69, 9.17) is 20.1 Å². The van der Waals surface area contributed by atoms with Crippen LogP contribution in [0.2, 0.25) is 0 Å². The van der Waals surface area contributed by atoms with E-state index in [0.29, 0.717) is 68.4 Å². The highest BCUT2D eigenvalue weighted by molar-refractivity contribution is 5.72. The minimum atomic E-state index is -0.438. The Morgan fingerprint density at radius 3 is 1.39 bits per heavy atom. The number of halogens is 1. The molecule has 6 fully saturated rings. The number of rotatable bonds is 12. The minimum Gasteiger partial charge on any atom is -0.368 e. The fraction of sp³-hybridized carbons (Fsp3) is 0.396. The third-order valence-corrected chi connectivity index (χ3v) is 26.5. The molecular weight excluding hydrogens is 1600 g/mol. The maximum absolute atomic E-state index is 14.5. The second-order valence-electron chi connectivity index (χ2n) is 35.2. The number of fused-ring (bicyclic) bond motifs is 10. The number of pyridine rings is 6. The Kier molecular flexibility index (Phi) is 22.4. The number of aryl methyl sites for hydroxylation is 9. The van der Waals surface area contributed by atoms with E-state index in [-0.39, 0.29) is 33.4 Å². The van der Waals surface area contributed by atoms with Gasteiger partial charge in [-0.3, -0.25) is 56.5 Å². The standard InChI is InChI=1S/C25H29N7O.C24H25FN6O.C24H29N7O.C23H26N6O/c1-4-20-23-11-22(28-32(23)13-17(3)26-20)21-12-24(33)31-15-19(10-16(2)25(31)27-21)30-9-8-29-7-5-6-18(29)14-30;1-16-12-29-13-17(10-19(25)23(29)26-16)20-11-22(32)31-14-18(4-5-21(31)27-20)28-8-9-30-7-3-6-24(30,2)15-28;1-5-19-22-12-21(27-31(22)14-17(4)25-19)20-13-23(32)30-15-18(11-16(3)24(30)26-20)29-9-7-28(6-2)8-10-29;1-4-26-7-9-27(10-8-26)19-5-6-21-25-20(12-22(30)29(21)15-19)18-11-16(2)23-24-17(3)13-28(23)14-18/h10-13,15,18H,4-9,14H2,1-3H3;4-5,10-14H,3,6-9,15H2,1-2H3;11-15H,5-10H2,1-4H3;5-6,11-15H,4,7-10H2,1-3H3/t18-;24-;;/m00../s1. The molecule has 0 amide bonds. The van der Waals surface area contributed by atoms with Gasteiger partial charge >= 0.3 is 0 Å². The van der Waals surface area contributed by atoms with Gasteiger partial charge in [-0.25, -0.2) is 43.3 Å². The second kappa shape index (κ2) is 34.1. The molecule has 31 heteroatoms. The van der Waals surface area contributed by atoms with E-state index in [0.717, 1.165) is 213 Å². The van der Waals surface area contributed by atoms with Gasteiger partial charge in [0.05, 0.1) is 103 Å². The molecule has 0 spiro atoms. The maximum Gasteiger partial charge on any atom is 0.258 e. The Bertz CT molecular complexity index is 7220. The molecular formula is C96H109FN26O4. The van der Waals surface area contributed by atoms with E-state index in [1.165, 1.54) is 50.9 Å². The highest BCUT2D eigenvalue weighted by atomic mass is 19.1. The van der Waals surface area contributed by atoms with Crippen molar-refractivity contribution in [2.24, 2.45) is 0 Å². The molecule has 16 aromatic heterocycles. The van der Waals surface area contributed by atoms with Gasteiger partial charge in [0.25, 0.3) is 22.2 Å². The molecule has 127 heavy (non-hydrogen) atoms. The van der Waals surface area contributed by atoms with Crippen LogP contribution in [-0.4, -0.2) is 234 Å². The monoisotopic (exact) mass is 1710 g/mol. The lowest BCUT2D eigenvalue weighted by Crippen LogP contribution is -2.57. The molecule has 0 aliphatic carbocycles. The van der Waals surface area contributed by atoms with Gasteiger partial charge in [0.15, 0.2) is 11.5 Å². The number of nitrogens with zero attached hydrogens (tertiary/aromatic N) is 26. The summed E-state index contributed by atoms with van der Waals surface area (Å²) < 4.78 is 28.4. The van der Waals surface area contributed by atoms with E-state index in [2.05, 4.69) is 122 Å². The van der Waals surface area contributed by atoms with Crippen LogP contribution in [0.15, 0.2) is 166 Å². The average molecular weight is 1710 g/mol. The van der Waals surface area contributed by atoms with Gasteiger partial charge in [-0.05, 0) is 197 Å². The second-order valence-corrected chi connectivity index (χ2v) is 35.2. The molecule has 6 saturated heterocycles. The fourth-order valence-corrected chi connectivity index (χ4v) is 19.6. The van der Waals surface area contributed by atoms with E-state index >= 15 is 0 Å². The van der Waals surface area contributed by atoms with Gasteiger partial charge in [-0.2, -0.15) is 10.2 Å². The molecule has 0 saturated carbocycles. The van der Waals surface area contributed by atoms with Gasteiger partial charge in [0.2, 0.25) is 0 Å². The van der Waals surface area contributed by atoms with E-state index < -0.39 is 5.82 Å². The van der Waals surface area contributed by atoms with E-state index in [9.17, 15) is 23.6 Å². The van der Waals surface area contributed by atoms with Gasteiger partial charge in [-0.1, -0.05) is 27.7 Å². The van der Waals surface area contributed by atoms with Crippen LogP contribution < -0.4 is 41.8 Å². The van der Waals surface area contributed by atoms with Crippen molar-refractivity contribution in [3.63, 3.8) is 0 Å². The lowest BCUT2D eigenvalue weighted by atomic mass is 9.95. The van der Waals surface area contributed by atoms with Crippen LogP contribution in [0, 0.1) is 54.3 Å². The van der Waals surface area contributed by atoms with Crippen LogP contribution in [-0.2, 0) is 12.8 Å². The zero-order valence-electron chi connectivity index (χ0n) is 74.5. The molecule has 6 aliphatic heterocycles. The van der Waals surface area contributed by atoms with Crippen molar-refractivity contribution in [2.45, 2.75) is 133 Å². The first-order valence-electron chi connectivity index (χ1n) is 44.8. The van der Waals surface area contributed by atoms with Crippen LogP contribution in [0.1, 0.15) is 111 Å². The summed E-state index contributed by atoms with van der Waals surface area (Å²) in [7, 11) is 0. The zero-order chi connectivity index (χ0) is 88.0. The summed E-state index contributed by atoms with van der Waals surface area (Å²) in [4.78, 5) is 109. The number of hydrogen-bond donors (Lipinski definition) is 0. The Balaban J connectivity index is 0.000000110. The SMILES string of the molecule is CCN1CCN(c2ccc3nc(-c4cc(C)c5nc(C)cn5c4)cc(=O)n3c2)CC1.CCc1nc(C)cn2nc(-c3cc(=O)n4cc(N5CCN(CC)CC5)cc(C)c4n3)cc12.CCc1nc(C)cn2nc(-c3cc(=O)n4cc(N5CCN6CCC[C@H]6C5)cc(C)c4n3)cc12.Cc1cn2cc(-c3cc(=O)n4cc(N5CCN6CCC[C@@]6(C)C5)ccc4n3)cc(F)c2n1. The van der Waals surface area contributed by atoms with Gasteiger partial charge < -0.3 is 38.2 Å². The molecule has 0 aromatic carbocycles. The predicted octanol–water partition coefficient (Wildman–Crippen LogP) is 11.5. The summed E-state index contributed by atoms with van der Waals surface area (Å²) in [5, 5.41) is 9.39. The van der Waals surface area contributed by atoms with Gasteiger partial charge in [0.1, 0.15) is 39.6 Å². The van der Waals surface area contributed by atoms with Crippen molar-refractivity contribution in [1.82, 2.24) is 105 Å². The molecule has 22 rings (SSSR count). The first kappa shape index (κ1) is 83.6.